The molecule has 0 bridgehead atoms. The zero-order valence-electron chi connectivity index (χ0n) is 20.3. The second kappa shape index (κ2) is 9.15. The Morgan fingerprint density at radius 1 is 0.946 bits per heavy atom. The van der Waals surface area contributed by atoms with Crippen molar-refractivity contribution in [3.05, 3.63) is 78.3 Å². The Morgan fingerprint density at radius 2 is 1.65 bits per heavy atom. The van der Waals surface area contributed by atoms with E-state index in [4.69, 9.17) is 14.4 Å². The fraction of sp³-hybridized carbons (Fsp3) is 0.250. The predicted octanol–water partition coefficient (Wildman–Crippen LogP) is 6.08. The summed E-state index contributed by atoms with van der Waals surface area (Å²) in [6.07, 6.45) is 6.25. The van der Waals surface area contributed by atoms with Crippen LogP contribution in [0.15, 0.2) is 81.1 Å². The number of furan rings is 1. The maximum absolute atomic E-state index is 14.2. The van der Waals surface area contributed by atoms with E-state index in [9.17, 15) is 13.2 Å². The molecule has 188 valence electrons. The van der Waals surface area contributed by atoms with Gasteiger partial charge < -0.3 is 14.3 Å². The van der Waals surface area contributed by atoms with E-state index in [0.717, 1.165) is 37.7 Å². The van der Waals surface area contributed by atoms with E-state index in [2.05, 4.69) is 5.32 Å². The maximum atomic E-state index is 14.2. The standard InChI is InChI=1S/C28H26N4O4S/c1-18-13-15-20(16-14-18)37(34,35)25-24-26(30-22-11-6-5-10-21(22)29-24)32(19-8-3-2-4-9-19)27(25)31-28(33)23-12-7-17-36-23/h5-7,10-17,19H,2-4,8-9H2,1H3,(H,31,33). The molecule has 0 saturated heterocycles. The number of aromatic nitrogens is 3. The summed E-state index contributed by atoms with van der Waals surface area (Å²) >= 11 is 0. The first-order chi connectivity index (χ1) is 17.9. The zero-order chi connectivity index (χ0) is 25.6. The number of aryl methyl sites for hydroxylation is 1. The van der Waals surface area contributed by atoms with Crippen molar-refractivity contribution in [2.45, 2.75) is 54.9 Å². The summed E-state index contributed by atoms with van der Waals surface area (Å²) in [6, 6.07) is 17.2. The smallest absolute Gasteiger partial charge is 0.292 e. The Kier molecular flexibility index (Phi) is 5.79. The van der Waals surface area contributed by atoms with Crippen molar-refractivity contribution in [2.75, 3.05) is 5.32 Å². The molecule has 2 aromatic carbocycles. The lowest BCUT2D eigenvalue weighted by molar-refractivity contribution is 0.0995. The zero-order valence-corrected chi connectivity index (χ0v) is 21.2. The van der Waals surface area contributed by atoms with Crippen LogP contribution >= 0.6 is 0 Å². The number of amides is 1. The van der Waals surface area contributed by atoms with Crippen LogP contribution in [0.1, 0.15) is 54.3 Å². The third-order valence-corrected chi connectivity index (χ3v) is 8.79. The van der Waals surface area contributed by atoms with Gasteiger partial charge in [0.1, 0.15) is 16.2 Å². The Morgan fingerprint density at radius 3 is 2.32 bits per heavy atom. The van der Waals surface area contributed by atoms with Crippen LogP contribution in [0.25, 0.3) is 22.2 Å². The highest BCUT2D eigenvalue weighted by molar-refractivity contribution is 7.92. The van der Waals surface area contributed by atoms with E-state index < -0.39 is 15.7 Å². The summed E-state index contributed by atoms with van der Waals surface area (Å²) in [5, 5.41) is 2.88. The molecular formula is C28H26N4O4S. The quantitative estimate of drug-likeness (QED) is 0.305. The molecule has 0 atom stereocenters. The molecular weight excluding hydrogens is 488 g/mol. The van der Waals surface area contributed by atoms with E-state index >= 15 is 0 Å². The van der Waals surface area contributed by atoms with Gasteiger partial charge in [-0.15, -0.1) is 0 Å². The molecule has 1 fully saturated rings. The Balaban J connectivity index is 1.68. The molecule has 1 aliphatic rings. The number of sulfone groups is 1. The SMILES string of the molecule is Cc1ccc(S(=O)(=O)c2c(NC(=O)c3ccco3)n(C3CCCCC3)c3nc4ccccc4nc23)cc1. The van der Waals surface area contributed by atoms with E-state index in [1.54, 1.807) is 36.4 Å². The largest absolute Gasteiger partial charge is 0.459 e. The molecule has 8 nitrogen and oxygen atoms in total. The number of anilines is 1. The van der Waals surface area contributed by atoms with Crippen LogP contribution in [0.3, 0.4) is 0 Å². The first-order valence-corrected chi connectivity index (χ1v) is 13.9. The third kappa shape index (κ3) is 4.09. The lowest BCUT2D eigenvalue weighted by Crippen LogP contribution is -2.21. The fourth-order valence-corrected chi connectivity index (χ4v) is 6.64. The van der Waals surface area contributed by atoms with Crippen LogP contribution < -0.4 is 5.32 Å². The fourth-order valence-electron chi connectivity index (χ4n) is 5.12. The van der Waals surface area contributed by atoms with E-state index in [1.165, 1.54) is 6.26 Å². The monoisotopic (exact) mass is 514 g/mol. The van der Waals surface area contributed by atoms with Crippen LogP contribution in [0.4, 0.5) is 5.82 Å². The minimum atomic E-state index is -4.08. The normalized spacial score (nSPS) is 14.8. The van der Waals surface area contributed by atoms with Gasteiger partial charge >= 0.3 is 0 Å². The molecule has 5 aromatic rings. The highest BCUT2D eigenvalue weighted by Crippen LogP contribution is 2.42. The average molecular weight is 515 g/mol. The number of fused-ring (bicyclic) bond motifs is 2. The van der Waals surface area contributed by atoms with Crippen LogP contribution in [0.5, 0.6) is 0 Å². The van der Waals surface area contributed by atoms with Gasteiger partial charge in [0.25, 0.3) is 5.91 Å². The number of hydrogen-bond donors (Lipinski definition) is 1. The van der Waals surface area contributed by atoms with Gasteiger partial charge in [-0.3, -0.25) is 4.79 Å². The van der Waals surface area contributed by atoms with Gasteiger partial charge in [0, 0.05) is 6.04 Å². The molecule has 3 heterocycles. The molecule has 9 heteroatoms. The van der Waals surface area contributed by atoms with Crippen molar-refractivity contribution < 1.29 is 17.6 Å². The molecule has 0 unspecified atom stereocenters. The summed E-state index contributed by atoms with van der Waals surface area (Å²) in [5.74, 6) is -0.265. The van der Waals surface area contributed by atoms with Crippen LogP contribution in [-0.4, -0.2) is 28.9 Å². The average Bonchev–Trinajstić information content (AvgIpc) is 3.55. The molecule has 37 heavy (non-hydrogen) atoms. The minimum absolute atomic E-state index is 0.0272. The number of hydrogen-bond acceptors (Lipinski definition) is 6. The molecule has 0 spiro atoms. The number of rotatable bonds is 5. The van der Waals surface area contributed by atoms with E-state index in [-0.39, 0.29) is 32.9 Å². The molecule has 0 radical (unpaired) electrons. The van der Waals surface area contributed by atoms with Gasteiger partial charge in [-0.25, -0.2) is 18.4 Å². The first kappa shape index (κ1) is 23.4. The highest BCUT2D eigenvalue weighted by atomic mass is 32.2. The van der Waals surface area contributed by atoms with Gasteiger partial charge in [0.05, 0.1) is 22.2 Å². The van der Waals surface area contributed by atoms with Crippen molar-refractivity contribution in [3.8, 4) is 0 Å². The molecule has 1 amide bonds. The number of carbonyl (C=O) groups excluding carboxylic acids is 1. The molecule has 3 aromatic heterocycles. The second-order valence-corrected chi connectivity index (χ2v) is 11.4. The number of benzene rings is 2. The van der Waals surface area contributed by atoms with Crippen molar-refractivity contribution in [2.24, 2.45) is 0 Å². The molecule has 6 rings (SSSR count). The molecule has 0 aliphatic heterocycles. The molecule has 1 saturated carbocycles. The van der Waals surface area contributed by atoms with Gasteiger partial charge in [0.2, 0.25) is 9.84 Å². The lowest BCUT2D eigenvalue weighted by atomic mass is 9.95. The van der Waals surface area contributed by atoms with Crippen molar-refractivity contribution in [3.63, 3.8) is 0 Å². The number of para-hydroxylation sites is 2. The first-order valence-electron chi connectivity index (χ1n) is 12.4. The number of nitrogens with one attached hydrogen (secondary N) is 1. The Bertz CT molecular complexity index is 1720. The molecule has 1 N–H and O–H groups in total. The van der Waals surface area contributed by atoms with Gasteiger partial charge in [-0.2, -0.15) is 0 Å². The van der Waals surface area contributed by atoms with Gasteiger partial charge in [0.15, 0.2) is 11.4 Å². The van der Waals surface area contributed by atoms with E-state index in [0.29, 0.717) is 16.7 Å². The third-order valence-electron chi connectivity index (χ3n) is 6.97. The topological polar surface area (TPSA) is 107 Å². The van der Waals surface area contributed by atoms with E-state index in [1.807, 2.05) is 35.8 Å². The van der Waals surface area contributed by atoms with Crippen molar-refractivity contribution in [1.29, 1.82) is 0 Å². The Labute approximate surface area is 214 Å². The lowest BCUT2D eigenvalue weighted by Gasteiger charge is -2.26. The van der Waals surface area contributed by atoms with Crippen LogP contribution in [0, 0.1) is 6.92 Å². The number of carbonyl (C=O) groups is 1. The van der Waals surface area contributed by atoms with Gasteiger partial charge in [-0.05, 0) is 56.2 Å². The summed E-state index contributed by atoms with van der Waals surface area (Å²) in [7, 11) is -4.08. The Hall–Kier alpha value is -3.98. The molecule has 1 aliphatic carbocycles. The summed E-state index contributed by atoms with van der Waals surface area (Å²) in [6.45, 7) is 1.90. The summed E-state index contributed by atoms with van der Waals surface area (Å²) in [4.78, 5) is 23.0. The summed E-state index contributed by atoms with van der Waals surface area (Å²) < 4.78 is 35.6. The van der Waals surface area contributed by atoms with Crippen molar-refractivity contribution >= 4 is 43.8 Å². The highest BCUT2D eigenvalue weighted by Gasteiger charge is 2.35. The second-order valence-electron chi connectivity index (χ2n) is 9.47. The number of nitrogens with zero attached hydrogens (tertiary/aromatic N) is 3. The maximum Gasteiger partial charge on any atom is 0.292 e. The van der Waals surface area contributed by atoms with Crippen LogP contribution in [0.2, 0.25) is 0 Å². The van der Waals surface area contributed by atoms with Crippen molar-refractivity contribution in [1.82, 2.24) is 14.5 Å². The van der Waals surface area contributed by atoms with Gasteiger partial charge in [-0.1, -0.05) is 49.1 Å². The van der Waals surface area contributed by atoms with Crippen LogP contribution in [-0.2, 0) is 9.84 Å². The predicted molar refractivity (Wildman–Crippen MR) is 140 cm³/mol. The minimum Gasteiger partial charge on any atom is -0.459 e. The summed E-state index contributed by atoms with van der Waals surface area (Å²) in [5.41, 5.74) is 2.89.